The van der Waals surface area contributed by atoms with Crippen molar-refractivity contribution in [2.75, 3.05) is 0 Å². The third-order valence-corrected chi connectivity index (χ3v) is 3.66. The fourth-order valence-corrected chi connectivity index (χ4v) is 2.32. The quantitative estimate of drug-likeness (QED) is 0.455. The van der Waals surface area contributed by atoms with Crippen LogP contribution in [0.4, 0.5) is 5.69 Å². The standard InChI is InChI=1S/C8H5N4O5S/c13-8-5-9-10-11(8)18(16,17)7-3-1-6(2-4-7)12(14)15/h1-4,10H/q-1. The normalized spacial score (nSPS) is 11.3. The van der Waals surface area contributed by atoms with Gasteiger partial charge in [-0.3, -0.25) is 16.3 Å². The molecule has 10 heteroatoms. The Morgan fingerprint density at radius 2 is 1.94 bits per heavy atom. The summed E-state index contributed by atoms with van der Waals surface area (Å²) in [4.78, 5) is 20.6. The summed E-state index contributed by atoms with van der Waals surface area (Å²) < 4.78 is 24.1. The van der Waals surface area contributed by atoms with Gasteiger partial charge in [-0.05, 0) is 12.1 Å². The monoisotopic (exact) mass is 269 g/mol. The molecule has 0 amide bonds. The van der Waals surface area contributed by atoms with Crippen molar-refractivity contribution in [2.24, 2.45) is 0 Å². The van der Waals surface area contributed by atoms with Gasteiger partial charge in [0.05, 0.1) is 9.82 Å². The van der Waals surface area contributed by atoms with Crippen molar-refractivity contribution in [2.45, 2.75) is 4.90 Å². The molecular weight excluding hydrogens is 264 g/mol. The van der Waals surface area contributed by atoms with Gasteiger partial charge in [0.1, 0.15) is 5.56 Å². The van der Waals surface area contributed by atoms with Crippen molar-refractivity contribution in [3.05, 3.63) is 50.9 Å². The summed E-state index contributed by atoms with van der Waals surface area (Å²) in [6.07, 6.45) is 1.89. The van der Waals surface area contributed by atoms with Crippen LogP contribution in [-0.4, -0.2) is 27.7 Å². The van der Waals surface area contributed by atoms with Crippen molar-refractivity contribution >= 4 is 15.7 Å². The van der Waals surface area contributed by atoms with E-state index in [0.29, 0.717) is 0 Å². The van der Waals surface area contributed by atoms with Crippen LogP contribution in [0.2, 0.25) is 0 Å². The average Bonchev–Trinajstić information content (AvgIpc) is 2.76. The van der Waals surface area contributed by atoms with Gasteiger partial charge in [0.25, 0.3) is 15.7 Å². The zero-order valence-corrected chi connectivity index (χ0v) is 9.42. The maximum absolute atomic E-state index is 11.9. The largest absolute Gasteiger partial charge is 0.374 e. The van der Waals surface area contributed by atoms with Crippen LogP contribution in [0.25, 0.3) is 0 Å². The van der Waals surface area contributed by atoms with E-state index in [1.54, 1.807) is 0 Å². The maximum Gasteiger partial charge on any atom is 0.283 e. The highest BCUT2D eigenvalue weighted by molar-refractivity contribution is 7.89. The fraction of sp³-hybridized carbons (Fsp3) is 0. The number of nitro groups is 1. The molecule has 0 aliphatic carbocycles. The first kappa shape index (κ1) is 12.0. The summed E-state index contributed by atoms with van der Waals surface area (Å²) in [6, 6.07) is 4.11. The van der Waals surface area contributed by atoms with Gasteiger partial charge in [-0.2, -0.15) is 12.5 Å². The van der Waals surface area contributed by atoms with E-state index < -0.39 is 20.5 Å². The van der Waals surface area contributed by atoms with Gasteiger partial charge < -0.3 is 9.89 Å². The highest BCUT2D eigenvalue weighted by atomic mass is 32.2. The van der Waals surface area contributed by atoms with Crippen LogP contribution in [0.1, 0.15) is 0 Å². The molecule has 0 unspecified atom stereocenters. The van der Waals surface area contributed by atoms with Crippen LogP contribution in [0, 0.1) is 16.3 Å². The molecule has 94 valence electrons. The first-order valence-electron chi connectivity index (χ1n) is 4.48. The number of benzene rings is 1. The van der Waals surface area contributed by atoms with Crippen LogP contribution in [0.5, 0.6) is 0 Å². The topological polar surface area (TPSA) is 128 Å². The average molecular weight is 269 g/mol. The molecule has 1 N–H and O–H groups in total. The van der Waals surface area contributed by atoms with E-state index in [2.05, 4.69) is 5.10 Å². The number of aromatic amines is 1. The smallest absolute Gasteiger partial charge is 0.283 e. The Hall–Kier alpha value is -2.49. The molecule has 1 heterocycles. The second-order valence-corrected chi connectivity index (χ2v) is 4.94. The SMILES string of the molecule is O=c1[c-]n[nH]n1S(=O)(=O)c1ccc([N+](=O)[O-])cc1. The number of nitrogens with zero attached hydrogens (tertiary/aromatic N) is 3. The first-order valence-corrected chi connectivity index (χ1v) is 5.92. The molecule has 0 radical (unpaired) electrons. The second kappa shape index (κ2) is 4.07. The highest BCUT2D eigenvalue weighted by Crippen LogP contribution is 2.16. The molecule has 0 fully saturated rings. The summed E-state index contributed by atoms with van der Waals surface area (Å²) >= 11 is 0. The van der Waals surface area contributed by atoms with Gasteiger partial charge in [0.2, 0.25) is 0 Å². The Labute approximate surface area is 99.9 Å². The van der Waals surface area contributed by atoms with Crippen LogP contribution in [0.3, 0.4) is 0 Å². The number of aromatic nitrogens is 3. The number of nitrogens with one attached hydrogen (secondary N) is 1. The third kappa shape index (κ3) is 1.88. The minimum absolute atomic E-state index is 0.252. The minimum Gasteiger partial charge on any atom is -0.374 e. The fourth-order valence-electron chi connectivity index (χ4n) is 1.22. The number of H-pyrrole nitrogens is 1. The number of nitro benzene ring substituents is 1. The number of hydrogen-bond acceptors (Lipinski definition) is 6. The molecule has 9 nitrogen and oxygen atoms in total. The Bertz CT molecular complexity index is 742. The van der Waals surface area contributed by atoms with E-state index in [4.69, 9.17) is 0 Å². The van der Waals surface area contributed by atoms with Crippen molar-refractivity contribution < 1.29 is 13.3 Å². The van der Waals surface area contributed by atoms with E-state index in [0.717, 1.165) is 24.3 Å². The van der Waals surface area contributed by atoms with Gasteiger partial charge in [-0.25, -0.2) is 5.21 Å². The van der Waals surface area contributed by atoms with Crippen molar-refractivity contribution in [3.63, 3.8) is 0 Å². The van der Waals surface area contributed by atoms with Crippen LogP contribution in [-0.2, 0) is 10.0 Å². The molecule has 0 saturated carbocycles. The summed E-state index contributed by atoms with van der Waals surface area (Å²) in [6.45, 7) is 0. The predicted molar refractivity (Wildman–Crippen MR) is 57.4 cm³/mol. The van der Waals surface area contributed by atoms with Gasteiger partial charge in [-0.15, -0.1) is 0 Å². The first-order chi connectivity index (χ1) is 8.43. The van der Waals surface area contributed by atoms with Crippen LogP contribution < -0.4 is 5.56 Å². The molecule has 2 aromatic rings. The molecule has 1 aromatic heterocycles. The van der Waals surface area contributed by atoms with E-state index in [-0.39, 0.29) is 14.7 Å². The zero-order valence-electron chi connectivity index (χ0n) is 8.60. The lowest BCUT2D eigenvalue weighted by atomic mass is 10.3. The molecule has 1 aromatic carbocycles. The maximum atomic E-state index is 11.9. The molecule has 0 bridgehead atoms. The second-order valence-electron chi connectivity index (χ2n) is 3.15. The number of rotatable bonds is 3. The van der Waals surface area contributed by atoms with E-state index in [9.17, 15) is 23.3 Å². The van der Waals surface area contributed by atoms with Crippen molar-refractivity contribution in [1.82, 2.24) is 14.4 Å². The van der Waals surface area contributed by atoms with E-state index in [1.807, 2.05) is 11.4 Å². The van der Waals surface area contributed by atoms with E-state index in [1.165, 1.54) is 0 Å². The van der Waals surface area contributed by atoms with E-state index >= 15 is 0 Å². The Morgan fingerprint density at radius 3 is 2.39 bits per heavy atom. The summed E-state index contributed by atoms with van der Waals surface area (Å²) in [5.74, 6) is 0. The zero-order chi connectivity index (χ0) is 13.3. The Morgan fingerprint density at radius 1 is 1.33 bits per heavy atom. The van der Waals surface area contributed by atoms with Crippen LogP contribution in [0.15, 0.2) is 34.0 Å². The summed E-state index contributed by atoms with van der Waals surface area (Å²) in [5, 5.41) is 15.6. The Balaban J connectivity index is 2.52. The molecule has 0 aliphatic heterocycles. The van der Waals surface area contributed by atoms with Gasteiger partial charge in [-0.1, -0.05) is 0 Å². The van der Waals surface area contributed by atoms with Gasteiger partial charge in [0, 0.05) is 12.1 Å². The molecular formula is C8H5N4O5S-. The molecule has 0 spiro atoms. The highest BCUT2D eigenvalue weighted by Gasteiger charge is 2.18. The molecule has 0 saturated heterocycles. The lowest BCUT2D eigenvalue weighted by molar-refractivity contribution is -0.384. The lowest BCUT2D eigenvalue weighted by Gasteiger charge is -2.04. The van der Waals surface area contributed by atoms with Crippen molar-refractivity contribution in [1.29, 1.82) is 0 Å². The predicted octanol–water partition coefficient (Wildman–Crippen LogP) is -0.483. The molecule has 0 atom stereocenters. The number of non-ortho nitro benzene ring substituents is 1. The molecule has 0 aliphatic rings. The van der Waals surface area contributed by atoms with Gasteiger partial charge >= 0.3 is 0 Å². The van der Waals surface area contributed by atoms with Crippen LogP contribution >= 0.6 is 0 Å². The third-order valence-electron chi connectivity index (χ3n) is 2.06. The van der Waals surface area contributed by atoms with Crippen molar-refractivity contribution in [3.8, 4) is 0 Å². The minimum atomic E-state index is -4.14. The summed E-state index contributed by atoms with van der Waals surface area (Å²) in [5.41, 5.74) is -1.22. The Kier molecular flexibility index (Phi) is 2.71. The number of hydrogen-bond donors (Lipinski definition) is 1. The molecule has 18 heavy (non-hydrogen) atoms. The summed E-state index contributed by atoms with van der Waals surface area (Å²) in [7, 11) is -4.14. The molecule has 2 rings (SSSR count). The van der Waals surface area contributed by atoms with Gasteiger partial charge in [0.15, 0.2) is 0 Å². The lowest BCUT2D eigenvalue weighted by Crippen LogP contribution is -2.25.